The number of hydrogen-bond donors (Lipinski definition) is 1. The summed E-state index contributed by atoms with van der Waals surface area (Å²) >= 11 is 1.71. The average molecular weight is 355 g/mol. The van der Waals surface area contributed by atoms with Gasteiger partial charge in [0, 0.05) is 42.0 Å². The van der Waals surface area contributed by atoms with Gasteiger partial charge in [-0.3, -0.25) is 4.90 Å². The molecule has 130 valence electrons. The van der Waals surface area contributed by atoms with Crippen LogP contribution in [-0.2, 0) is 19.5 Å². The Hall–Kier alpha value is -2.37. The molecular weight excluding hydrogens is 334 g/mol. The summed E-state index contributed by atoms with van der Waals surface area (Å²) in [7, 11) is 0. The topological polar surface area (TPSA) is 53.7 Å². The molecule has 0 aliphatic rings. The quantitative estimate of drug-likeness (QED) is 0.507. The Balaban J connectivity index is 2.00. The Morgan fingerprint density at radius 3 is 2.80 bits per heavy atom. The third-order valence-corrected chi connectivity index (χ3v) is 5.01. The van der Waals surface area contributed by atoms with E-state index in [-0.39, 0.29) is 5.75 Å². The van der Waals surface area contributed by atoms with Crippen molar-refractivity contribution in [2.75, 3.05) is 6.54 Å². The summed E-state index contributed by atoms with van der Waals surface area (Å²) in [6.07, 6.45) is 2.58. The van der Waals surface area contributed by atoms with Gasteiger partial charge < -0.3 is 9.52 Å². The van der Waals surface area contributed by atoms with Crippen LogP contribution < -0.4 is 5.63 Å². The first-order valence-electron chi connectivity index (χ1n) is 8.25. The molecule has 3 aromatic rings. The zero-order chi connectivity index (χ0) is 17.8. The van der Waals surface area contributed by atoms with E-state index in [2.05, 4.69) is 22.9 Å². The molecule has 0 atom stereocenters. The maximum atomic E-state index is 11.9. The lowest BCUT2D eigenvalue weighted by Crippen LogP contribution is -2.23. The maximum Gasteiger partial charge on any atom is 0.336 e. The van der Waals surface area contributed by atoms with Gasteiger partial charge in [-0.2, -0.15) is 0 Å². The van der Waals surface area contributed by atoms with Crippen LogP contribution in [0.4, 0.5) is 0 Å². The molecule has 25 heavy (non-hydrogen) atoms. The number of phenolic OH excluding ortho intramolecular Hbond substituents is 1. The van der Waals surface area contributed by atoms with E-state index in [0.717, 1.165) is 29.6 Å². The molecule has 0 saturated carbocycles. The second-order valence-corrected chi connectivity index (χ2v) is 6.99. The van der Waals surface area contributed by atoms with Gasteiger partial charge in [-0.15, -0.1) is 17.9 Å². The van der Waals surface area contributed by atoms with Crippen LogP contribution in [0.25, 0.3) is 11.0 Å². The van der Waals surface area contributed by atoms with E-state index < -0.39 is 5.63 Å². The van der Waals surface area contributed by atoms with Crippen LogP contribution in [0.2, 0.25) is 0 Å². The van der Waals surface area contributed by atoms with Crippen molar-refractivity contribution in [3.05, 3.63) is 74.8 Å². The Kier molecular flexibility index (Phi) is 5.36. The molecule has 3 rings (SSSR count). The molecular formula is C20H21NO3S. The largest absolute Gasteiger partial charge is 0.508 e. The Bertz CT molecular complexity index is 928. The van der Waals surface area contributed by atoms with E-state index in [1.807, 2.05) is 25.1 Å². The molecule has 2 aromatic heterocycles. The smallest absolute Gasteiger partial charge is 0.336 e. The van der Waals surface area contributed by atoms with Crippen molar-refractivity contribution < 1.29 is 9.52 Å². The lowest BCUT2D eigenvalue weighted by atomic mass is 10.0. The van der Waals surface area contributed by atoms with Crippen molar-refractivity contribution in [2.45, 2.75) is 26.4 Å². The van der Waals surface area contributed by atoms with Gasteiger partial charge in [0.15, 0.2) is 0 Å². The molecule has 0 saturated heterocycles. The summed E-state index contributed by atoms with van der Waals surface area (Å²) in [4.78, 5) is 15.4. The maximum absolute atomic E-state index is 11.9. The predicted octanol–water partition coefficient (Wildman–Crippen LogP) is 4.31. The van der Waals surface area contributed by atoms with Crippen molar-refractivity contribution in [1.29, 1.82) is 0 Å². The van der Waals surface area contributed by atoms with Gasteiger partial charge >= 0.3 is 5.63 Å². The molecule has 0 bridgehead atoms. The summed E-state index contributed by atoms with van der Waals surface area (Å²) in [6.45, 7) is 7.95. The number of benzene rings is 1. The molecule has 2 heterocycles. The molecule has 4 nitrogen and oxygen atoms in total. The van der Waals surface area contributed by atoms with Gasteiger partial charge in [-0.05, 0) is 35.1 Å². The summed E-state index contributed by atoms with van der Waals surface area (Å²) in [5, 5.41) is 13.0. The molecule has 1 aromatic carbocycles. The fourth-order valence-corrected chi connectivity index (χ4v) is 3.70. The van der Waals surface area contributed by atoms with Crippen LogP contribution in [-0.4, -0.2) is 16.6 Å². The van der Waals surface area contributed by atoms with Crippen molar-refractivity contribution in [3.8, 4) is 5.75 Å². The standard InChI is InChI=1S/C20H21NO3S/c1-3-7-21(13-16-6-5-8-25-16)12-15-10-20(23)24-19-11-18(22)14(4-2)9-17(15)19/h3,5-6,8-11,22H,1,4,7,12-13H2,2H3. The van der Waals surface area contributed by atoms with E-state index in [4.69, 9.17) is 4.42 Å². The van der Waals surface area contributed by atoms with Crippen molar-refractivity contribution in [3.63, 3.8) is 0 Å². The number of fused-ring (bicyclic) bond motifs is 1. The van der Waals surface area contributed by atoms with Crippen molar-refractivity contribution >= 4 is 22.3 Å². The highest BCUT2D eigenvalue weighted by atomic mass is 32.1. The van der Waals surface area contributed by atoms with Crippen LogP contribution in [0.1, 0.15) is 22.9 Å². The SMILES string of the molecule is C=CCN(Cc1cccs1)Cc1cc(=O)oc2cc(O)c(CC)cc12. The first kappa shape index (κ1) is 17.5. The third-order valence-electron chi connectivity index (χ3n) is 4.15. The Morgan fingerprint density at radius 2 is 2.12 bits per heavy atom. The second kappa shape index (κ2) is 7.68. The monoisotopic (exact) mass is 355 g/mol. The summed E-state index contributed by atoms with van der Waals surface area (Å²) in [5.74, 6) is 0.164. The van der Waals surface area contributed by atoms with E-state index >= 15 is 0 Å². The lowest BCUT2D eigenvalue weighted by molar-refractivity contribution is 0.289. The van der Waals surface area contributed by atoms with E-state index in [0.29, 0.717) is 18.5 Å². The minimum Gasteiger partial charge on any atom is -0.508 e. The molecule has 1 N–H and O–H groups in total. The highest BCUT2D eigenvalue weighted by Gasteiger charge is 2.13. The molecule has 0 aliphatic heterocycles. The number of phenols is 1. The van der Waals surface area contributed by atoms with Crippen molar-refractivity contribution in [2.24, 2.45) is 0 Å². The predicted molar refractivity (Wildman–Crippen MR) is 102 cm³/mol. The first-order chi connectivity index (χ1) is 12.1. The zero-order valence-corrected chi connectivity index (χ0v) is 15.0. The van der Waals surface area contributed by atoms with Crippen molar-refractivity contribution in [1.82, 2.24) is 4.90 Å². The summed E-state index contributed by atoms with van der Waals surface area (Å²) < 4.78 is 5.28. The Labute approximate surface area is 150 Å². The summed E-state index contributed by atoms with van der Waals surface area (Å²) in [6, 6.07) is 9.14. The average Bonchev–Trinajstić information content (AvgIpc) is 3.07. The van der Waals surface area contributed by atoms with Gasteiger partial charge in [0.2, 0.25) is 0 Å². The van der Waals surface area contributed by atoms with Gasteiger partial charge in [-0.1, -0.05) is 19.1 Å². The van der Waals surface area contributed by atoms with E-state index in [1.54, 1.807) is 17.4 Å². The fourth-order valence-electron chi connectivity index (χ4n) is 2.95. The number of aryl methyl sites for hydroxylation is 1. The number of hydrogen-bond acceptors (Lipinski definition) is 5. The summed E-state index contributed by atoms with van der Waals surface area (Å²) in [5.41, 5.74) is 1.77. The molecule has 0 unspecified atom stereocenters. The molecule has 0 spiro atoms. The lowest BCUT2D eigenvalue weighted by Gasteiger charge is -2.21. The second-order valence-electron chi connectivity index (χ2n) is 5.96. The number of thiophene rings is 1. The van der Waals surface area contributed by atoms with Gasteiger partial charge in [-0.25, -0.2) is 4.79 Å². The minimum absolute atomic E-state index is 0.164. The van der Waals surface area contributed by atoms with Gasteiger partial charge in [0.05, 0.1) is 0 Å². The Morgan fingerprint density at radius 1 is 1.28 bits per heavy atom. The van der Waals surface area contributed by atoms with Crippen LogP contribution in [0.15, 0.2) is 57.6 Å². The zero-order valence-electron chi connectivity index (χ0n) is 14.2. The third kappa shape index (κ3) is 4.00. The van der Waals surface area contributed by atoms with Gasteiger partial charge in [0.25, 0.3) is 0 Å². The number of rotatable bonds is 7. The van der Waals surface area contributed by atoms with Crippen LogP contribution in [0.5, 0.6) is 5.75 Å². The molecule has 0 fully saturated rings. The van der Waals surface area contributed by atoms with E-state index in [9.17, 15) is 9.90 Å². The molecule has 0 radical (unpaired) electrons. The van der Waals surface area contributed by atoms with Crippen LogP contribution in [0, 0.1) is 0 Å². The van der Waals surface area contributed by atoms with E-state index in [1.165, 1.54) is 10.9 Å². The number of nitrogens with zero attached hydrogens (tertiary/aromatic N) is 1. The molecule has 0 aliphatic carbocycles. The first-order valence-corrected chi connectivity index (χ1v) is 9.13. The molecule has 0 amide bonds. The van der Waals surface area contributed by atoms with Crippen LogP contribution >= 0.6 is 11.3 Å². The molecule has 5 heteroatoms. The minimum atomic E-state index is -0.402. The highest BCUT2D eigenvalue weighted by Crippen LogP contribution is 2.28. The van der Waals surface area contributed by atoms with Crippen LogP contribution in [0.3, 0.4) is 0 Å². The van der Waals surface area contributed by atoms with Gasteiger partial charge in [0.1, 0.15) is 11.3 Å². The highest BCUT2D eigenvalue weighted by molar-refractivity contribution is 7.09. The normalized spacial score (nSPS) is 11.3. The fraction of sp³-hybridized carbons (Fsp3) is 0.250. The number of aromatic hydroxyl groups is 1.